The smallest absolute Gasteiger partial charge is 0.657 e. The average molecular weight is 930 g/mol. The Morgan fingerprint density at radius 1 is 0.290 bits per heavy atom. The number of hydrogen-bond acceptors (Lipinski definition) is 2. The van der Waals surface area contributed by atoms with Crippen molar-refractivity contribution in [2.45, 2.75) is 13.1 Å². The Balaban J connectivity index is 0.00000492. The molecule has 0 radical (unpaired) electrons. The summed E-state index contributed by atoms with van der Waals surface area (Å²) in [5.74, 6) is 0. The van der Waals surface area contributed by atoms with Gasteiger partial charge in [-0.15, -0.1) is 22.1 Å². The van der Waals surface area contributed by atoms with Gasteiger partial charge in [0.25, 0.3) is 0 Å². The first-order valence-electron chi connectivity index (χ1n) is 23.1. The van der Waals surface area contributed by atoms with Crippen LogP contribution in [0.4, 0.5) is 0 Å². The van der Waals surface area contributed by atoms with Crippen LogP contribution in [0, 0.1) is 0 Å². The van der Waals surface area contributed by atoms with Crippen molar-refractivity contribution >= 4 is 22.1 Å². The Morgan fingerprint density at radius 3 is 0.884 bits per heavy atom. The van der Waals surface area contributed by atoms with Crippen LogP contribution in [-0.4, -0.2) is 19.1 Å². The maximum absolute atomic E-state index is 5.86. The third-order valence-corrected chi connectivity index (χ3v) is 13.1. The van der Waals surface area contributed by atoms with Crippen LogP contribution < -0.4 is 9.97 Å². The molecule has 0 aliphatic carbocycles. The quantitative estimate of drug-likeness (QED) is 0.142. The number of benzene rings is 6. The van der Waals surface area contributed by atoms with Crippen LogP contribution in [0.5, 0.6) is 0 Å². The number of hydrogen-bond donors (Lipinski definition) is 0. The van der Waals surface area contributed by atoms with Gasteiger partial charge in [-0.25, -0.2) is 9.97 Å². The van der Waals surface area contributed by atoms with Gasteiger partial charge in [0.15, 0.2) is 0 Å². The number of rotatable bonds is 8. The molecule has 0 spiro atoms. The maximum atomic E-state index is 5.86. The summed E-state index contributed by atoms with van der Waals surface area (Å²) >= 11 is 0. The zero-order chi connectivity index (χ0) is 45.0. The summed E-state index contributed by atoms with van der Waals surface area (Å²) in [5.41, 5.74) is 21.5. The maximum Gasteiger partial charge on any atom is 2.00 e. The fraction of sp³-hybridized carbons (Fsp3) is 0.0323. The number of aromatic nitrogens is 6. The van der Waals surface area contributed by atoms with E-state index in [1.807, 2.05) is 0 Å². The summed E-state index contributed by atoms with van der Waals surface area (Å²) in [6, 6.07) is 72.3. The van der Waals surface area contributed by atoms with E-state index < -0.39 is 0 Å². The van der Waals surface area contributed by atoms with Gasteiger partial charge in [-0.05, 0) is 50.1 Å². The predicted octanol–water partition coefficient (Wildman–Crippen LogP) is 14.6. The van der Waals surface area contributed by atoms with Crippen molar-refractivity contribution in [1.82, 2.24) is 29.1 Å². The summed E-state index contributed by atoms with van der Waals surface area (Å²) in [5, 5.41) is 0. The Bertz CT molecular complexity index is 3600. The van der Waals surface area contributed by atoms with Crippen molar-refractivity contribution in [3.05, 3.63) is 242 Å². The van der Waals surface area contributed by atoms with Gasteiger partial charge >= 0.3 is 16.5 Å². The molecule has 7 heterocycles. The van der Waals surface area contributed by atoms with Crippen molar-refractivity contribution in [2.24, 2.45) is 0 Å². The third kappa shape index (κ3) is 7.54. The zero-order valence-corrected chi connectivity index (χ0v) is 38.3. The Hall–Kier alpha value is -8.51. The van der Waals surface area contributed by atoms with Crippen LogP contribution in [0.25, 0.3) is 112 Å². The van der Waals surface area contributed by atoms with Gasteiger partial charge < -0.3 is 19.1 Å². The van der Waals surface area contributed by atoms with Crippen molar-refractivity contribution < 1.29 is 16.5 Å². The van der Waals surface area contributed by atoms with Gasteiger partial charge in [0.2, 0.25) is 0 Å². The summed E-state index contributed by atoms with van der Waals surface area (Å²) in [7, 11) is 0. The molecule has 7 heteroatoms. The second-order valence-corrected chi connectivity index (χ2v) is 17.5. The fourth-order valence-electron chi connectivity index (χ4n) is 10.1. The molecule has 0 amide bonds. The van der Waals surface area contributed by atoms with Crippen LogP contribution in [0.15, 0.2) is 231 Å². The van der Waals surface area contributed by atoms with E-state index >= 15 is 0 Å². The van der Waals surface area contributed by atoms with Gasteiger partial charge in [-0.1, -0.05) is 206 Å². The van der Waals surface area contributed by atoms with E-state index in [-0.39, 0.29) is 16.5 Å². The van der Waals surface area contributed by atoms with E-state index in [1.54, 1.807) is 0 Å². The standard InChI is InChI=1S/C62H42N6.Ni/c1-7-19-41(20-8-1)35-67-37-47-49(39-67)61-58(46-29-17-6-18-30-46)62-50-40-68(36-42-21-9-2-10-22-42)38-48(50)60(66-62)57(45-27-15-5-16-28-45)54-34-32-52(64-54)55(43-23-11-3-12-24-43)51-31-33-53(63-51)56(59(47)65-61)44-25-13-4-14-26-44;/h1-34,37-40H,35-36H2;/q-2;+2. The third-order valence-electron chi connectivity index (χ3n) is 13.1. The first kappa shape index (κ1) is 41.9. The van der Waals surface area contributed by atoms with E-state index in [1.165, 1.54) is 11.1 Å². The van der Waals surface area contributed by atoms with E-state index in [0.29, 0.717) is 13.1 Å². The van der Waals surface area contributed by atoms with Gasteiger partial charge in [-0.2, -0.15) is 0 Å². The summed E-state index contributed by atoms with van der Waals surface area (Å²) in [6.45, 7) is 1.41. The molecule has 0 saturated heterocycles. The van der Waals surface area contributed by atoms with Gasteiger partial charge in [0.05, 0.1) is 22.8 Å². The summed E-state index contributed by atoms with van der Waals surface area (Å²) < 4.78 is 4.61. The molecule has 0 saturated carbocycles. The monoisotopic (exact) mass is 928 g/mol. The Morgan fingerprint density at radius 2 is 0.551 bits per heavy atom. The second-order valence-electron chi connectivity index (χ2n) is 17.5. The van der Waals surface area contributed by atoms with Crippen molar-refractivity contribution in [3.8, 4) is 89.5 Å². The van der Waals surface area contributed by atoms with E-state index in [2.05, 4.69) is 240 Å². The number of nitrogens with zero attached hydrogens (tertiary/aromatic N) is 6. The average Bonchev–Trinajstić information content (AvgIpc) is 4.27. The molecule has 2 aliphatic rings. The Labute approximate surface area is 410 Å². The van der Waals surface area contributed by atoms with Gasteiger partial charge in [0, 0.05) is 65.7 Å². The minimum absolute atomic E-state index is 0. The molecule has 6 aromatic carbocycles. The zero-order valence-electron chi connectivity index (χ0n) is 37.4. The number of fused-ring (bicyclic) bond motifs is 14. The second kappa shape index (κ2) is 17.6. The van der Waals surface area contributed by atoms with E-state index in [4.69, 9.17) is 19.9 Å². The van der Waals surface area contributed by atoms with Gasteiger partial charge in [0.1, 0.15) is 0 Å². The SMILES string of the molecule is [Ni+2].c1ccc(Cn2cc3c(c2)-c2nc-3c(-c3ccccc3)c3nc(c(-c4ccccc4)c4ccc([n-]4)c(-c4ccccc4)c4ccc([n-]4)c2-c2ccccc2)-c2cn(Cc4ccccc4)cc2-3)cc1. The largest absolute Gasteiger partial charge is 2.00 e. The van der Waals surface area contributed by atoms with Crippen molar-refractivity contribution in [2.75, 3.05) is 0 Å². The molecule has 6 nitrogen and oxygen atoms in total. The minimum Gasteiger partial charge on any atom is -0.657 e. The van der Waals surface area contributed by atoms with Crippen molar-refractivity contribution in [3.63, 3.8) is 0 Å². The van der Waals surface area contributed by atoms with Crippen LogP contribution in [0.3, 0.4) is 0 Å². The Kier molecular flexibility index (Phi) is 10.7. The molecule has 0 unspecified atom stereocenters. The molecule has 0 fully saturated rings. The summed E-state index contributed by atoms with van der Waals surface area (Å²) in [4.78, 5) is 22.8. The fourth-order valence-corrected chi connectivity index (χ4v) is 10.1. The molecule has 330 valence electrons. The normalized spacial score (nSPS) is 11.5. The predicted molar refractivity (Wildman–Crippen MR) is 277 cm³/mol. The minimum atomic E-state index is 0. The topological polar surface area (TPSA) is 63.8 Å². The van der Waals surface area contributed by atoms with Crippen LogP contribution in [0.2, 0.25) is 0 Å². The first-order chi connectivity index (χ1) is 33.7. The molecule has 13 rings (SSSR count). The molecular weight excluding hydrogens is 887 g/mol. The van der Waals surface area contributed by atoms with E-state index in [9.17, 15) is 0 Å². The van der Waals surface area contributed by atoms with Crippen molar-refractivity contribution in [1.29, 1.82) is 0 Å². The van der Waals surface area contributed by atoms with Crippen LogP contribution in [0.1, 0.15) is 11.1 Å². The molecule has 5 aromatic heterocycles. The van der Waals surface area contributed by atoms with E-state index in [0.717, 1.165) is 112 Å². The van der Waals surface area contributed by atoms with Crippen LogP contribution >= 0.6 is 0 Å². The summed E-state index contributed by atoms with van der Waals surface area (Å²) in [6.07, 6.45) is 9.09. The molecule has 11 aromatic rings. The molecular formula is C62H42N6Ni. The first-order valence-corrected chi connectivity index (χ1v) is 23.1. The van der Waals surface area contributed by atoms with Gasteiger partial charge in [-0.3, -0.25) is 0 Å². The van der Waals surface area contributed by atoms with Crippen LogP contribution in [-0.2, 0) is 29.6 Å². The molecule has 2 aliphatic heterocycles. The molecule has 8 bridgehead atoms. The molecule has 69 heavy (non-hydrogen) atoms. The molecule has 0 atom stereocenters. The molecule has 0 N–H and O–H groups in total.